The van der Waals surface area contributed by atoms with Gasteiger partial charge in [-0.1, -0.05) is 55.8 Å². The quantitative estimate of drug-likeness (QED) is 0.272. The Morgan fingerprint density at radius 1 is 0.977 bits per heavy atom. The molecule has 1 atom stereocenters. The van der Waals surface area contributed by atoms with Crippen molar-refractivity contribution < 1.29 is 35.9 Å². The molecule has 3 rings (SSSR count). The number of nitrogens with zero attached hydrogens (tertiary/aromatic N) is 2. The molecule has 2 amide bonds. The van der Waals surface area contributed by atoms with Gasteiger partial charge in [-0.05, 0) is 60.9 Å². The van der Waals surface area contributed by atoms with E-state index < -0.39 is 56.9 Å². The number of sulfonamides is 1. The average molecular weight is 640 g/mol. The van der Waals surface area contributed by atoms with E-state index in [0.717, 1.165) is 12.1 Å². The number of halogens is 4. The fourth-order valence-electron chi connectivity index (χ4n) is 4.10. The van der Waals surface area contributed by atoms with Gasteiger partial charge < -0.3 is 15.0 Å². The van der Waals surface area contributed by atoms with E-state index in [9.17, 15) is 31.2 Å². The maximum Gasteiger partial charge on any atom is 0.417 e. The second kappa shape index (κ2) is 14.1. The summed E-state index contributed by atoms with van der Waals surface area (Å²) in [7, 11) is -3.05. The number of rotatable bonds is 12. The van der Waals surface area contributed by atoms with Gasteiger partial charge >= 0.3 is 6.18 Å². The normalized spacial score (nSPS) is 12.5. The summed E-state index contributed by atoms with van der Waals surface area (Å²) in [4.78, 5) is 27.9. The molecule has 0 aliphatic carbocycles. The highest BCUT2D eigenvalue weighted by Gasteiger charge is 2.37. The molecule has 13 heteroatoms. The molecule has 0 unspecified atom stereocenters. The smallest absolute Gasteiger partial charge is 0.417 e. The van der Waals surface area contributed by atoms with E-state index in [4.69, 9.17) is 16.3 Å². The van der Waals surface area contributed by atoms with Crippen LogP contribution in [-0.2, 0) is 32.3 Å². The molecule has 3 aromatic carbocycles. The van der Waals surface area contributed by atoms with Crippen LogP contribution in [0.15, 0.2) is 77.7 Å². The summed E-state index contributed by atoms with van der Waals surface area (Å²) in [5.74, 6) is -0.598. The number of carbonyl (C=O) groups is 2. The van der Waals surface area contributed by atoms with Crippen molar-refractivity contribution in [1.82, 2.24) is 10.2 Å². The van der Waals surface area contributed by atoms with Gasteiger partial charge in [0.25, 0.3) is 10.0 Å². The van der Waals surface area contributed by atoms with Crippen LogP contribution in [0.1, 0.15) is 31.9 Å². The Kier molecular flexibility index (Phi) is 11.1. The van der Waals surface area contributed by atoms with Crippen molar-refractivity contribution >= 4 is 39.1 Å². The van der Waals surface area contributed by atoms with Crippen LogP contribution in [-0.4, -0.2) is 51.4 Å². The molecule has 0 heterocycles. The van der Waals surface area contributed by atoms with E-state index >= 15 is 0 Å². The number of amides is 2. The Labute approximate surface area is 254 Å². The Morgan fingerprint density at radius 3 is 2.16 bits per heavy atom. The van der Waals surface area contributed by atoms with Crippen LogP contribution in [0.5, 0.6) is 5.75 Å². The van der Waals surface area contributed by atoms with Crippen LogP contribution >= 0.6 is 11.6 Å². The fourth-order valence-corrected chi connectivity index (χ4v) is 5.75. The lowest BCUT2D eigenvalue weighted by Crippen LogP contribution is -2.51. The third-order valence-corrected chi connectivity index (χ3v) is 8.63. The van der Waals surface area contributed by atoms with Crippen molar-refractivity contribution in [2.75, 3.05) is 24.5 Å². The lowest BCUT2D eigenvalue weighted by atomic mass is 10.1. The molecule has 3 aromatic rings. The first-order chi connectivity index (χ1) is 20.1. The van der Waals surface area contributed by atoms with E-state index in [-0.39, 0.29) is 17.4 Å². The number of benzene rings is 3. The number of anilines is 1. The van der Waals surface area contributed by atoms with E-state index in [1.807, 2.05) is 13.8 Å². The van der Waals surface area contributed by atoms with Crippen molar-refractivity contribution in [2.24, 2.45) is 5.92 Å². The zero-order valence-electron chi connectivity index (χ0n) is 24.1. The molecule has 0 saturated heterocycles. The van der Waals surface area contributed by atoms with Crippen molar-refractivity contribution in [3.05, 3.63) is 88.9 Å². The van der Waals surface area contributed by atoms with Gasteiger partial charge in [-0.2, -0.15) is 13.2 Å². The molecule has 232 valence electrons. The summed E-state index contributed by atoms with van der Waals surface area (Å²) in [6.45, 7) is 4.66. The summed E-state index contributed by atoms with van der Waals surface area (Å²) in [6, 6.07) is 15.3. The van der Waals surface area contributed by atoms with Gasteiger partial charge in [0.15, 0.2) is 0 Å². The SMILES string of the molecule is COc1ccc(CN(C(=O)CN(c2ccc(Cl)c(C(F)(F)F)c2)S(=O)(=O)c2ccccc2)[C@@H](C)C(=O)NCC(C)C)cc1. The Balaban J connectivity index is 2.08. The van der Waals surface area contributed by atoms with Crippen LogP contribution in [0.25, 0.3) is 0 Å². The molecular weight excluding hydrogens is 607 g/mol. The maximum atomic E-state index is 13.9. The monoisotopic (exact) mass is 639 g/mol. The fraction of sp³-hybridized carbons (Fsp3) is 0.333. The minimum Gasteiger partial charge on any atom is -0.497 e. The van der Waals surface area contributed by atoms with Crippen molar-refractivity contribution in [2.45, 2.75) is 44.4 Å². The molecule has 0 spiro atoms. The molecule has 0 saturated carbocycles. The van der Waals surface area contributed by atoms with Gasteiger partial charge in [-0.25, -0.2) is 8.42 Å². The third-order valence-electron chi connectivity index (χ3n) is 6.52. The van der Waals surface area contributed by atoms with Crippen LogP contribution < -0.4 is 14.4 Å². The van der Waals surface area contributed by atoms with Gasteiger partial charge in [0.1, 0.15) is 18.3 Å². The van der Waals surface area contributed by atoms with Crippen LogP contribution in [0.3, 0.4) is 0 Å². The number of ether oxygens (including phenoxy) is 1. The Bertz CT molecular complexity index is 1520. The number of nitrogens with one attached hydrogen (secondary N) is 1. The highest BCUT2D eigenvalue weighted by molar-refractivity contribution is 7.92. The standard InChI is InChI=1S/C30H33ClF3N3O5S/c1-20(2)17-35-29(39)21(3)36(18-22-10-13-24(42-4)14-11-22)28(38)19-37(43(40,41)25-8-6-5-7-9-25)23-12-15-27(31)26(16-23)30(32,33)34/h5-16,20-21H,17-19H2,1-4H3,(H,35,39)/t21-/m0/s1. The first-order valence-corrected chi connectivity index (χ1v) is 15.1. The predicted molar refractivity (Wildman–Crippen MR) is 158 cm³/mol. The molecule has 0 aliphatic rings. The second-order valence-corrected chi connectivity index (χ2v) is 12.4. The highest BCUT2D eigenvalue weighted by Crippen LogP contribution is 2.38. The van der Waals surface area contributed by atoms with Crippen molar-refractivity contribution in [3.8, 4) is 5.75 Å². The summed E-state index contributed by atoms with van der Waals surface area (Å²) in [6.07, 6.45) is -4.89. The molecule has 1 N–H and O–H groups in total. The van der Waals surface area contributed by atoms with Crippen LogP contribution in [0.2, 0.25) is 5.02 Å². The summed E-state index contributed by atoms with van der Waals surface area (Å²) < 4.78 is 74.6. The Hall–Kier alpha value is -3.77. The van der Waals surface area contributed by atoms with Gasteiger partial charge in [0, 0.05) is 13.1 Å². The van der Waals surface area contributed by atoms with E-state index in [0.29, 0.717) is 28.2 Å². The number of alkyl halides is 3. The first-order valence-electron chi connectivity index (χ1n) is 13.3. The number of methoxy groups -OCH3 is 1. The van der Waals surface area contributed by atoms with E-state index in [1.54, 1.807) is 30.3 Å². The summed E-state index contributed by atoms with van der Waals surface area (Å²) in [5.41, 5.74) is -1.07. The van der Waals surface area contributed by atoms with Gasteiger partial charge in [0.05, 0.1) is 28.3 Å². The summed E-state index contributed by atoms with van der Waals surface area (Å²) in [5, 5.41) is 2.14. The van der Waals surface area contributed by atoms with Gasteiger partial charge in [-0.3, -0.25) is 13.9 Å². The molecule has 0 aliphatic heterocycles. The topological polar surface area (TPSA) is 96.0 Å². The average Bonchev–Trinajstić information content (AvgIpc) is 2.97. The number of hydrogen-bond acceptors (Lipinski definition) is 5. The highest BCUT2D eigenvalue weighted by atomic mass is 35.5. The predicted octanol–water partition coefficient (Wildman–Crippen LogP) is 5.75. The van der Waals surface area contributed by atoms with Crippen LogP contribution in [0.4, 0.5) is 18.9 Å². The third kappa shape index (κ3) is 8.64. The maximum absolute atomic E-state index is 13.9. The first kappa shape index (κ1) is 33.7. The minimum atomic E-state index is -4.89. The number of carbonyl (C=O) groups excluding carboxylic acids is 2. The molecule has 8 nitrogen and oxygen atoms in total. The van der Waals surface area contributed by atoms with E-state index in [1.165, 1.54) is 43.2 Å². The molecule has 0 fully saturated rings. The van der Waals surface area contributed by atoms with Crippen molar-refractivity contribution in [1.29, 1.82) is 0 Å². The molecule has 0 radical (unpaired) electrons. The Morgan fingerprint density at radius 2 is 1.60 bits per heavy atom. The zero-order valence-corrected chi connectivity index (χ0v) is 25.6. The second-order valence-electron chi connectivity index (χ2n) is 10.2. The molecule has 0 bridgehead atoms. The van der Waals surface area contributed by atoms with Crippen molar-refractivity contribution in [3.63, 3.8) is 0 Å². The van der Waals surface area contributed by atoms with E-state index in [2.05, 4.69) is 5.32 Å². The summed E-state index contributed by atoms with van der Waals surface area (Å²) >= 11 is 5.80. The van der Waals surface area contributed by atoms with Gasteiger partial charge in [-0.15, -0.1) is 0 Å². The largest absolute Gasteiger partial charge is 0.497 e. The molecule has 43 heavy (non-hydrogen) atoms. The molecule has 0 aromatic heterocycles. The molecular formula is C30H33ClF3N3O5S. The van der Waals surface area contributed by atoms with Crippen LogP contribution in [0, 0.1) is 5.92 Å². The van der Waals surface area contributed by atoms with Gasteiger partial charge in [0.2, 0.25) is 11.8 Å². The minimum absolute atomic E-state index is 0.0905. The lowest BCUT2D eigenvalue weighted by molar-refractivity contribution is -0.139. The number of hydrogen-bond donors (Lipinski definition) is 1. The lowest BCUT2D eigenvalue weighted by Gasteiger charge is -2.32. The zero-order chi connectivity index (χ0) is 31.9.